The van der Waals surface area contributed by atoms with Crippen molar-refractivity contribution in [3.8, 4) is 0 Å². The first-order chi connectivity index (χ1) is 12.7. The maximum atomic E-state index is 11.4. The number of primary amides is 1. The standard InChI is InChI=1S/C20H28N4O2/c21-20(25)15-24-13-16(18-5-1-2-6-19(18)24)12-22-7-9-23(10-8-22)14-17-4-3-11-26-17/h1-2,5-6,13,17H,3-4,7-12,14-15H2,(H2,21,25). The molecular formula is C20H28N4O2. The summed E-state index contributed by atoms with van der Waals surface area (Å²) in [5.41, 5.74) is 7.76. The molecule has 1 atom stereocenters. The zero-order chi connectivity index (χ0) is 17.9. The summed E-state index contributed by atoms with van der Waals surface area (Å²) in [6.07, 6.45) is 4.95. The minimum Gasteiger partial charge on any atom is -0.377 e. The molecule has 1 amide bonds. The highest BCUT2D eigenvalue weighted by atomic mass is 16.5. The van der Waals surface area contributed by atoms with Gasteiger partial charge >= 0.3 is 0 Å². The number of hydrogen-bond acceptors (Lipinski definition) is 4. The first kappa shape index (κ1) is 17.5. The lowest BCUT2D eigenvalue weighted by Gasteiger charge is -2.35. The molecule has 3 heterocycles. The van der Waals surface area contributed by atoms with Crippen LogP contribution in [0.15, 0.2) is 30.5 Å². The molecule has 1 unspecified atom stereocenters. The molecule has 2 saturated heterocycles. The largest absolute Gasteiger partial charge is 0.377 e. The van der Waals surface area contributed by atoms with Gasteiger partial charge in [0, 0.05) is 63.0 Å². The third-order valence-electron chi connectivity index (χ3n) is 5.54. The average molecular weight is 356 g/mol. The summed E-state index contributed by atoms with van der Waals surface area (Å²) < 4.78 is 7.74. The number of aromatic nitrogens is 1. The maximum Gasteiger partial charge on any atom is 0.237 e. The number of carbonyl (C=O) groups is 1. The predicted octanol–water partition coefficient (Wildman–Crippen LogP) is 1.42. The molecule has 0 radical (unpaired) electrons. The van der Waals surface area contributed by atoms with Crippen molar-refractivity contribution in [3.05, 3.63) is 36.0 Å². The van der Waals surface area contributed by atoms with Crippen LogP contribution < -0.4 is 5.73 Å². The first-order valence-corrected chi connectivity index (χ1v) is 9.60. The molecule has 1 aromatic carbocycles. The van der Waals surface area contributed by atoms with Crippen molar-refractivity contribution in [2.75, 3.05) is 39.3 Å². The third kappa shape index (κ3) is 3.92. The van der Waals surface area contributed by atoms with Crippen LogP contribution in [0.2, 0.25) is 0 Å². The number of amides is 1. The highest BCUT2D eigenvalue weighted by Gasteiger charge is 2.23. The molecule has 2 aliphatic rings. The Kier molecular flexibility index (Phi) is 5.24. The van der Waals surface area contributed by atoms with Gasteiger partial charge in [0.2, 0.25) is 5.91 Å². The summed E-state index contributed by atoms with van der Waals surface area (Å²) in [5, 5.41) is 1.22. The minimum atomic E-state index is -0.306. The Morgan fingerprint density at radius 1 is 1.15 bits per heavy atom. The molecule has 2 fully saturated rings. The van der Waals surface area contributed by atoms with Gasteiger partial charge in [-0.15, -0.1) is 0 Å². The van der Waals surface area contributed by atoms with Gasteiger partial charge in [-0.3, -0.25) is 14.6 Å². The number of ether oxygens (including phenoxy) is 1. The topological polar surface area (TPSA) is 63.7 Å². The van der Waals surface area contributed by atoms with Gasteiger partial charge in [0.05, 0.1) is 6.10 Å². The lowest BCUT2D eigenvalue weighted by molar-refractivity contribution is -0.118. The van der Waals surface area contributed by atoms with E-state index in [1.54, 1.807) is 0 Å². The van der Waals surface area contributed by atoms with Gasteiger partial charge in [0.25, 0.3) is 0 Å². The normalized spacial score (nSPS) is 22.2. The van der Waals surface area contributed by atoms with Crippen molar-refractivity contribution >= 4 is 16.8 Å². The predicted molar refractivity (Wildman–Crippen MR) is 102 cm³/mol. The molecule has 0 saturated carbocycles. The molecule has 2 N–H and O–H groups in total. The van der Waals surface area contributed by atoms with Crippen molar-refractivity contribution in [1.29, 1.82) is 0 Å². The molecule has 2 aromatic rings. The molecule has 0 spiro atoms. The fourth-order valence-corrected chi connectivity index (χ4v) is 4.19. The van der Waals surface area contributed by atoms with Crippen LogP contribution in [0.25, 0.3) is 10.9 Å². The molecule has 0 aliphatic carbocycles. The molecule has 6 nitrogen and oxygen atoms in total. The van der Waals surface area contributed by atoms with E-state index in [9.17, 15) is 4.79 Å². The van der Waals surface area contributed by atoms with Gasteiger partial charge in [-0.25, -0.2) is 0 Å². The van der Waals surface area contributed by atoms with Crippen LogP contribution in [0, 0.1) is 0 Å². The lowest BCUT2D eigenvalue weighted by Crippen LogP contribution is -2.48. The number of carbonyl (C=O) groups excluding carboxylic acids is 1. The van der Waals surface area contributed by atoms with E-state index in [-0.39, 0.29) is 12.5 Å². The molecule has 0 bridgehead atoms. The fourth-order valence-electron chi connectivity index (χ4n) is 4.19. The van der Waals surface area contributed by atoms with Gasteiger partial charge in [-0.2, -0.15) is 0 Å². The van der Waals surface area contributed by atoms with Crippen molar-refractivity contribution in [2.45, 2.75) is 32.0 Å². The van der Waals surface area contributed by atoms with Crippen molar-refractivity contribution in [3.63, 3.8) is 0 Å². The summed E-state index contributed by atoms with van der Waals surface area (Å²) in [7, 11) is 0. The summed E-state index contributed by atoms with van der Waals surface area (Å²) in [4.78, 5) is 16.4. The van der Waals surface area contributed by atoms with E-state index in [1.165, 1.54) is 23.8 Å². The number of nitrogens with zero attached hydrogens (tertiary/aromatic N) is 3. The lowest BCUT2D eigenvalue weighted by atomic mass is 10.1. The van der Waals surface area contributed by atoms with Crippen LogP contribution in [0.5, 0.6) is 0 Å². The van der Waals surface area contributed by atoms with E-state index in [0.717, 1.165) is 51.4 Å². The number of para-hydroxylation sites is 1. The molecule has 1 aromatic heterocycles. The monoisotopic (exact) mass is 356 g/mol. The smallest absolute Gasteiger partial charge is 0.237 e. The molecule has 2 aliphatic heterocycles. The Morgan fingerprint density at radius 3 is 2.65 bits per heavy atom. The number of piperazine rings is 1. The number of hydrogen-bond donors (Lipinski definition) is 1. The van der Waals surface area contributed by atoms with Crippen LogP contribution in [0.4, 0.5) is 0 Å². The second-order valence-electron chi connectivity index (χ2n) is 7.48. The SMILES string of the molecule is NC(=O)Cn1cc(CN2CCN(CC3CCCO3)CC2)c2ccccc21. The van der Waals surface area contributed by atoms with Crippen LogP contribution in [0.1, 0.15) is 18.4 Å². The second kappa shape index (κ2) is 7.78. The number of benzene rings is 1. The Labute approximate surface area is 154 Å². The van der Waals surface area contributed by atoms with Crippen LogP contribution in [-0.2, 0) is 22.6 Å². The highest BCUT2D eigenvalue weighted by Crippen LogP contribution is 2.23. The van der Waals surface area contributed by atoms with Crippen LogP contribution in [0.3, 0.4) is 0 Å². The van der Waals surface area contributed by atoms with Gasteiger partial charge < -0.3 is 15.0 Å². The molecule has 140 valence electrons. The molecule has 26 heavy (non-hydrogen) atoms. The van der Waals surface area contributed by atoms with Crippen LogP contribution >= 0.6 is 0 Å². The van der Waals surface area contributed by atoms with Gasteiger partial charge in [-0.05, 0) is 24.5 Å². The van der Waals surface area contributed by atoms with E-state index in [2.05, 4.69) is 34.2 Å². The summed E-state index contributed by atoms with van der Waals surface area (Å²) in [6, 6.07) is 8.25. The Bertz CT molecular complexity index is 758. The number of fused-ring (bicyclic) bond motifs is 1. The second-order valence-corrected chi connectivity index (χ2v) is 7.48. The van der Waals surface area contributed by atoms with E-state index >= 15 is 0 Å². The summed E-state index contributed by atoms with van der Waals surface area (Å²) in [5.74, 6) is -0.306. The molecule has 6 heteroatoms. The number of rotatable bonds is 6. The minimum absolute atomic E-state index is 0.232. The van der Waals surface area contributed by atoms with E-state index in [0.29, 0.717) is 6.10 Å². The van der Waals surface area contributed by atoms with Crippen molar-refractivity contribution in [1.82, 2.24) is 14.4 Å². The number of nitrogens with two attached hydrogens (primary N) is 1. The van der Waals surface area contributed by atoms with E-state index < -0.39 is 0 Å². The Balaban J connectivity index is 1.39. The summed E-state index contributed by atoms with van der Waals surface area (Å²) >= 11 is 0. The van der Waals surface area contributed by atoms with Crippen molar-refractivity contribution in [2.24, 2.45) is 5.73 Å². The average Bonchev–Trinajstić information content (AvgIpc) is 3.25. The highest BCUT2D eigenvalue weighted by molar-refractivity contribution is 5.85. The maximum absolute atomic E-state index is 11.4. The Hall–Kier alpha value is -1.89. The van der Waals surface area contributed by atoms with Gasteiger partial charge in [0.1, 0.15) is 6.54 Å². The van der Waals surface area contributed by atoms with E-state index in [4.69, 9.17) is 10.5 Å². The third-order valence-corrected chi connectivity index (χ3v) is 5.54. The zero-order valence-electron chi connectivity index (χ0n) is 15.3. The van der Waals surface area contributed by atoms with Gasteiger partial charge in [0.15, 0.2) is 0 Å². The van der Waals surface area contributed by atoms with E-state index in [1.807, 2.05) is 10.6 Å². The molecule has 4 rings (SSSR count). The fraction of sp³-hybridized carbons (Fsp3) is 0.550. The first-order valence-electron chi connectivity index (χ1n) is 9.60. The zero-order valence-corrected chi connectivity index (χ0v) is 15.3. The van der Waals surface area contributed by atoms with Crippen LogP contribution in [-0.4, -0.2) is 65.7 Å². The van der Waals surface area contributed by atoms with Gasteiger partial charge in [-0.1, -0.05) is 18.2 Å². The van der Waals surface area contributed by atoms with Crippen molar-refractivity contribution < 1.29 is 9.53 Å². The quantitative estimate of drug-likeness (QED) is 0.850. The Morgan fingerprint density at radius 2 is 1.92 bits per heavy atom. The summed E-state index contributed by atoms with van der Waals surface area (Å²) in [6.45, 7) is 7.49. The molecular weight excluding hydrogens is 328 g/mol.